The number of carbonyl (C=O) groups is 3. The lowest BCUT2D eigenvalue weighted by Gasteiger charge is -2.06. The fourth-order valence-corrected chi connectivity index (χ4v) is 2.85. The standard InChI is InChI=1S/C24H20ClN3O5/c1-32-20-10-8-17(9-11-20)24(31)33-21-7-2-4-16(12-21)14-27-28-22(29)15-26-23(30)18-5-3-6-19(25)13-18/h2-14H,15H2,1H3,(H,26,30)(H,28,29)/b27-14-. The van der Waals surface area contributed by atoms with Gasteiger partial charge in [0.25, 0.3) is 11.8 Å². The van der Waals surface area contributed by atoms with E-state index < -0.39 is 17.8 Å². The minimum absolute atomic E-state index is 0.262. The molecule has 0 aliphatic carbocycles. The highest BCUT2D eigenvalue weighted by molar-refractivity contribution is 6.31. The van der Waals surface area contributed by atoms with E-state index in [0.717, 1.165) is 0 Å². The van der Waals surface area contributed by atoms with Crippen LogP contribution < -0.4 is 20.2 Å². The molecule has 0 radical (unpaired) electrons. The van der Waals surface area contributed by atoms with Crippen molar-refractivity contribution in [2.24, 2.45) is 5.10 Å². The molecule has 0 aromatic heterocycles. The van der Waals surface area contributed by atoms with Gasteiger partial charge in [0.1, 0.15) is 11.5 Å². The molecule has 2 amide bonds. The van der Waals surface area contributed by atoms with Gasteiger partial charge in [-0.15, -0.1) is 0 Å². The van der Waals surface area contributed by atoms with Crippen molar-refractivity contribution in [1.82, 2.24) is 10.7 Å². The Morgan fingerprint density at radius 1 is 0.939 bits per heavy atom. The lowest BCUT2D eigenvalue weighted by molar-refractivity contribution is -0.120. The molecule has 3 rings (SSSR count). The predicted molar refractivity (Wildman–Crippen MR) is 124 cm³/mol. The van der Waals surface area contributed by atoms with Crippen LogP contribution in [0.15, 0.2) is 77.9 Å². The van der Waals surface area contributed by atoms with Crippen molar-refractivity contribution < 1.29 is 23.9 Å². The molecule has 0 aliphatic heterocycles. The summed E-state index contributed by atoms with van der Waals surface area (Å²) in [5.74, 6) is -0.502. The average molecular weight is 466 g/mol. The van der Waals surface area contributed by atoms with Gasteiger partial charge in [-0.25, -0.2) is 10.2 Å². The third kappa shape index (κ3) is 7.19. The third-order valence-corrected chi connectivity index (χ3v) is 4.53. The number of esters is 1. The number of ether oxygens (including phenoxy) is 2. The van der Waals surface area contributed by atoms with E-state index in [9.17, 15) is 14.4 Å². The van der Waals surface area contributed by atoms with E-state index in [2.05, 4.69) is 15.8 Å². The first-order valence-electron chi connectivity index (χ1n) is 9.76. The zero-order chi connectivity index (χ0) is 23.6. The molecular formula is C24H20ClN3O5. The third-order valence-electron chi connectivity index (χ3n) is 4.29. The molecule has 0 saturated heterocycles. The molecule has 2 N–H and O–H groups in total. The molecule has 0 saturated carbocycles. The van der Waals surface area contributed by atoms with Gasteiger partial charge >= 0.3 is 5.97 Å². The molecule has 0 heterocycles. The maximum atomic E-state index is 12.3. The maximum Gasteiger partial charge on any atom is 0.343 e. The average Bonchev–Trinajstić information content (AvgIpc) is 2.83. The van der Waals surface area contributed by atoms with Crippen LogP contribution in [-0.4, -0.2) is 37.7 Å². The summed E-state index contributed by atoms with van der Waals surface area (Å²) in [5.41, 5.74) is 3.64. The Morgan fingerprint density at radius 3 is 2.42 bits per heavy atom. The Morgan fingerprint density at radius 2 is 1.70 bits per heavy atom. The van der Waals surface area contributed by atoms with Gasteiger partial charge in [0, 0.05) is 10.6 Å². The number of halogens is 1. The molecule has 0 fully saturated rings. The highest BCUT2D eigenvalue weighted by Crippen LogP contribution is 2.16. The molecule has 0 unspecified atom stereocenters. The monoisotopic (exact) mass is 465 g/mol. The number of hydrogen-bond acceptors (Lipinski definition) is 6. The molecule has 9 heteroatoms. The number of hydrogen-bond donors (Lipinski definition) is 2. The van der Waals surface area contributed by atoms with E-state index in [4.69, 9.17) is 21.1 Å². The molecule has 3 aromatic rings. The topological polar surface area (TPSA) is 106 Å². The van der Waals surface area contributed by atoms with Crippen LogP contribution in [-0.2, 0) is 4.79 Å². The zero-order valence-corrected chi connectivity index (χ0v) is 18.3. The first-order valence-corrected chi connectivity index (χ1v) is 10.1. The van der Waals surface area contributed by atoms with Crippen LogP contribution in [0.25, 0.3) is 0 Å². The van der Waals surface area contributed by atoms with Crippen molar-refractivity contribution in [2.75, 3.05) is 13.7 Å². The van der Waals surface area contributed by atoms with Crippen molar-refractivity contribution in [3.8, 4) is 11.5 Å². The van der Waals surface area contributed by atoms with Gasteiger partial charge in [0.05, 0.1) is 25.4 Å². The Bertz CT molecular complexity index is 1180. The Balaban J connectivity index is 1.49. The maximum absolute atomic E-state index is 12.3. The van der Waals surface area contributed by atoms with Gasteiger partial charge in [0.2, 0.25) is 0 Å². The Labute approximate surface area is 195 Å². The van der Waals surface area contributed by atoms with E-state index in [1.807, 2.05) is 0 Å². The SMILES string of the molecule is COc1ccc(C(=O)Oc2cccc(/C=N\NC(=O)CNC(=O)c3cccc(Cl)c3)c2)cc1. The van der Waals surface area contributed by atoms with Crippen molar-refractivity contribution in [1.29, 1.82) is 0 Å². The number of rotatable bonds is 8. The van der Waals surface area contributed by atoms with Crippen molar-refractivity contribution >= 4 is 35.6 Å². The molecule has 8 nitrogen and oxygen atoms in total. The van der Waals surface area contributed by atoms with Crippen molar-refractivity contribution in [2.45, 2.75) is 0 Å². The quantitative estimate of drug-likeness (QED) is 0.229. The number of hydrazone groups is 1. The minimum Gasteiger partial charge on any atom is -0.497 e. The molecule has 33 heavy (non-hydrogen) atoms. The van der Waals surface area contributed by atoms with Crippen molar-refractivity contribution in [3.05, 3.63) is 94.5 Å². The molecule has 0 bridgehead atoms. The van der Waals surface area contributed by atoms with Crippen LogP contribution in [0.5, 0.6) is 11.5 Å². The molecule has 3 aromatic carbocycles. The first-order chi connectivity index (χ1) is 15.9. The molecule has 168 valence electrons. The summed E-state index contributed by atoms with van der Waals surface area (Å²) in [6, 6.07) is 19.6. The van der Waals surface area contributed by atoms with Crippen molar-refractivity contribution in [3.63, 3.8) is 0 Å². The van der Waals surface area contributed by atoms with Crippen LogP contribution in [0.1, 0.15) is 26.3 Å². The normalized spacial score (nSPS) is 10.5. The lowest BCUT2D eigenvalue weighted by Crippen LogP contribution is -2.34. The van der Waals surface area contributed by atoms with Crippen LogP contribution in [0, 0.1) is 0 Å². The van der Waals surface area contributed by atoms with E-state index in [1.54, 1.807) is 73.8 Å². The summed E-state index contributed by atoms with van der Waals surface area (Å²) >= 11 is 5.85. The molecular weight excluding hydrogens is 446 g/mol. The van der Waals surface area contributed by atoms with E-state index in [-0.39, 0.29) is 6.54 Å². The summed E-state index contributed by atoms with van der Waals surface area (Å²) in [4.78, 5) is 36.2. The first kappa shape index (κ1) is 23.5. The fraction of sp³-hybridized carbons (Fsp3) is 0.0833. The van der Waals surface area contributed by atoms with Crippen LogP contribution >= 0.6 is 11.6 Å². The number of amides is 2. The summed E-state index contributed by atoms with van der Waals surface area (Å²) < 4.78 is 10.4. The van der Waals surface area contributed by atoms with Gasteiger partial charge in [-0.2, -0.15) is 5.10 Å². The predicted octanol–water partition coefficient (Wildman–Crippen LogP) is 3.45. The summed E-state index contributed by atoms with van der Waals surface area (Å²) in [6.07, 6.45) is 1.39. The Kier molecular flexibility index (Phi) is 8.15. The number of nitrogens with zero attached hydrogens (tertiary/aromatic N) is 1. The largest absolute Gasteiger partial charge is 0.497 e. The number of methoxy groups -OCH3 is 1. The highest BCUT2D eigenvalue weighted by Gasteiger charge is 2.10. The van der Waals surface area contributed by atoms with E-state index in [0.29, 0.717) is 33.2 Å². The van der Waals surface area contributed by atoms with Gasteiger partial charge in [-0.05, 0) is 60.2 Å². The fourth-order valence-electron chi connectivity index (χ4n) is 2.66. The summed E-state index contributed by atoms with van der Waals surface area (Å²) in [6.45, 7) is -0.262. The van der Waals surface area contributed by atoms with Gasteiger partial charge < -0.3 is 14.8 Å². The number of nitrogens with one attached hydrogen (secondary N) is 2. The second kappa shape index (κ2) is 11.4. The lowest BCUT2D eigenvalue weighted by atomic mass is 10.2. The van der Waals surface area contributed by atoms with Gasteiger partial charge in [-0.1, -0.05) is 29.8 Å². The smallest absolute Gasteiger partial charge is 0.343 e. The van der Waals surface area contributed by atoms with Gasteiger partial charge in [0.15, 0.2) is 0 Å². The second-order valence-corrected chi connectivity index (χ2v) is 7.11. The van der Waals surface area contributed by atoms with Crippen LogP contribution in [0.2, 0.25) is 5.02 Å². The van der Waals surface area contributed by atoms with E-state index >= 15 is 0 Å². The molecule has 0 aliphatic rings. The summed E-state index contributed by atoms with van der Waals surface area (Å²) in [7, 11) is 1.54. The number of carbonyl (C=O) groups excluding carboxylic acids is 3. The number of benzene rings is 3. The molecule has 0 spiro atoms. The second-order valence-electron chi connectivity index (χ2n) is 6.68. The Hall–Kier alpha value is -4.17. The molecule has 0 atom stereocenters. The zero-order valence-electron chi connectivity index (χ0n) is 17.6. The minimum atomic E-state index is -0.518. The van der Waals surface area contributed by atoms with Crippen LogP contribution in [0.4, 0.5) is 0 Å². The summed E-state index contributed by atoms with van der Waals surface area (Å²) in [5, 5.41) is 6.76. The highest BCUT2D eigenvalue weighted by atomic mass is 35.5. The van der Waals surface area contributed by atoms with Gasteiger partial charge in [-0.3, -0.25) is 9.59 Å². The van der Waals surface area contributed by atoms with E-state index in [1.165, 1.54) is 12.3 Å². The van der Waals surface area contributed by atoms with Crippen LogP contribution in [0.3, 0.4) is 0 Å².